The molecule has 4 amide bonds. The van der Waals surface area contributed by atoms with Crippen LogP contribution in [0.2, 0.25) is 0 Å². The van der Waals surface area contributed by atoms with Crippen LogP contribution in [0.3, 0.4) is 0 Å². The Morgan fingerprint density at radius 3 is 1.86 bits per heavy atom. The monoisotopic (exact) mass is 482 g/mol. The highest BCUT2D eigenvalue weighted by Crippen LogP contribution is 2.34. The highest BCUT2D eigenvalue weighted by atomic mass is 16.2. The van der Waals surface area contributed by atoms with E-state index < -0.39 is 17.8 Å². The van der Waals surface area contributed by atoms with Crippen LogP contribution in [-0.2, 0) is 9.59 Å². The number of hydrogen-bond acceptors (Lipinski definition) is 3. The predicted molar refractivity (Wildman–Crippen MR) is 147 cm³/mol. The molecule has 0 saturated carbocycles. The number of fused-ring (bicyclic) bond motifs is 2. The van der Waals surface area contributed by atoms with Gasteiger partial charge >= 0.3 is 6.03 Å². The van der Waals surface area contributed by atoms with E-state index in [0.29, 0.717) is 11.4 Å². The van der Waals surface area contributed by atoms with Crippen molar-refractivity contribution in [2.24, 2.45) is 0 Å². The molecule has 0 atom stereocenters. The number of aryl methyl sites for hydroxylation is 1. The molecule has 0 aromatic heterocycles. The Hall–Kier alpha value is -5.03. The Kier molecular flexibility index (Phi) is 5.38. The first kappa shape index (κ1) is 22.4. The van der Waals surface area contributed by atoms with Crippen LogP contribution in [0, 0.1) is 6.92 Å². The average molecular weight is 483 g/mol. The van der Waals surface area contributed by atoms with Gasteiger partial charge < -0.3 is 0 Å². The van der Waals surface area contributed by atoms with E-state index in [1.165, 1.54) is 0 Å². The fourth-order valence-corrected chi connectivity index (χ4v) is 4.80. The third-order valence-electron chi connectivity index (χ3n) is 6.67. The molecule has 1 saturated heterocycles. The molecule has 37 heavy (non-hydrogen) atoms. The van der Waals surface area contributed by atoms with Crippen LogP contribution in [0.5, 0.6) is 0 Å². The lowest BCUT2D eigenvalue weighted by molar-refractivity contribution is -0.121. The van der Waals surface area contributed by atoms with E-state index in [4.69, 9.17) is 0 Å². The van der Waals surface area contributed by atoms with Crippen molar-refractivity contribution in [1.29, 1.82) is 0 Å². The van der Waals surface area contributed by atoms with Gasteiger partial charge in [-0.25, -0.2) is 14.6 Å². The Bertz CT molecular complexity index is 1740. The maximum absolute atomic E-state index is 14.0. The maximum atomic E-state index is 14.0. The third-order valence-corrected chi connectivity index (χ3v) is 6.67. The number of hydrogen-bond donors (Lipinski definition) is 0. The second kappa shape index (κ2) is 8.88. The zero-order chi connectivity index (χ0) is 25.5. The van der Waals surface area contributed by atoms with Crippen molar-refractivity contribution in [2.45, 2.75) is 6.92 Å². The van der Waals surface area contributed by atoms with Gasteiger partial charge in [-0.1, -0.05) is 96.6 Å². The van der Waals surface area contributed by atoms with Crippen LogP contribution in [0.25, 0.3) is 27.6 Å². The van der Waals surface area contributed by atoms with Gasteiger partial charge in [0.25, 0.3) is 11.8 Å². The molecule has 178 valence electrons. The molecule has 0 unspecified atom stereocenters. The van der Waals surface area contributed by atoms with Crippen LogP contribution in [-0.4, -0.2) is 17.8 Å². The van der Waals surface area contributed by atoms with Crippen molar-refractivity contribution in [3.8, 4) is 0 Å². The number of urea groups is 1. The third kappa shape index (κ3) is 3.78. The summed E-state index contributed by atoms with van der Waals surface area (Å²) in [4.78, 5) is 43.8. The van der Waals surface area contributed by atoms with Crippen LogP contribution in [0.4, 0.5) is 16.2 Å². The molecule has 1 heterocycles. The first-order valence-corrected chi connectivity index (χ1v) is 12.0. The van der Waals surface area contributed by atoms with E-state index in [0.717, 1.165) is 42.5 Å². The van der Waals surface area contributed by atoms with Crippen molar-refractivity contribution >= 4 is 56.8 Å². The van der Waals surface area contributed by atoms with Crippen molar-refractivity contribution in [3.63, 3.8) is 0 Å². The van der Waals surface area contributed by atoms with E-state index in [1.807, 2.05) is 91.9 Å². The van der Waals surface area contributed by atoms with Crippen LogP contribution in [0.15, 0.2) is 115 Å². The van der Waals surface area contributed by atoms with Crippen molar-refractivity contribution < 1.29 is 14.4 Å². The molecule has 0 spiro atoms. The summed E-state index contributed by atoms with van der Waals surface area (Å²) in [6, 6.07) is 32.9. The average Bonchev–Trinajstić information content (AvgIpc) is 2.92. The number of anilines is 2. The SMILES string of the molecule is Cc1ccc(N2C(=O)/C(=C\c3cccc4ccccc34)C(=O)N(c3cccc4ccccc34)C2=O)cc1. The number of nitrogens with zero attached hydrogens (tertiary/aromatic N) is 2. The Labute approximate surface area is 213 Å². The Morgan fingerprint density at radius 1 is 0.568 bits per heavy atom. The molecule has 5 aromatic carbocycles. The van der Waals surface area contributed by atoms with Crippen LogP contribution < -0.4 is 9.80 Å². The second-order valence-corrected chi connectivity index (χ2v) is 9.02. The summed E-state index contributed by atoms with van der Waals surface area (Å²) in [5, 5.41) is 3.53. The van der Waals surface area contributed by atoms with E-state index in [1.54, 1.807) is 30.3 Å². The summed E-state index contributed by atoms with van der Waals surface area (Å²) in [6.07, 6.45) is 1.60. The zero-order valence-electron chi connectivity index (χ0n) is 20.1. The fraction of sp³-hybridized carbons (Fsp3) is 0.0312. The molecule has 0 radical (unpaired) electrons. The van der Waals surface area contributed by atoms with Gasteiger partial charge in [-0.2, -0.15) is 0 Å². The van der Waals surface area contributed by atoms with Gasteiger partial charge in [0.05, 0.1) is 11.4 Å². The molecule has 6 rings (SSSR count). The minimum Gasteiger partial charge on any atom is -0.268 e. The number of carbonyl (C=O) groups excluding carboxylic acids is 3. The first-order valence-electron chi connectivity index (χ1n) is 12.0. The lowest BCUT2D eigenvalue weighted by Crippen LogP contribution is -2.57. The summed E-state index contributed by atoms with van der Waals surface area (Å²) in [5.41, 5.74) is 2.48. The number of rotatable bonds is 3. The minimum atomic E-state index is -0.703. The maximum Gasteiger partial charge on any atom is 0.343 e. The smallest absolute Gasteiger partial charge is 0.268 e. The Balaban J connectivity index is 1.58. The minimum absolute atomic E-state index is 0.0792. The number of benzene rings is 5. The quantitative estimate of drug-likeness (QED) is 0.208. The van der Waals surface area contributed by atoms with E-state index >= 15 is 0 Å². The number of barbiturate groups is 1. The van der Waals surface area contributed by atoms with Gasteiger partial charge in [-0.05, 0) is 52.9 Å². The molecule has 0 N–H and O–H groups in total. The van der Waals surface area contributed by atoms with E-state index in [-0.39, 0.29) is 5.57 Å². The molecule has 1 aliphatic heterocycles. The molecular weight excluding hydrogens is 460 g/mol. The lowest BCUT2D eigenvalue weighted by Gasteiger charge is -2.34. The summed E-state index contributed by atoms with van der Waals surface area (Å²) in [5.74, 6) is -1.30. The van der Waals surface area contributed by atoms with Crippen LogP contribution >= 0.6 is 0 Å². The largest absolute Gasteiger partial charge is 0.343 e. The summed E-state index contributed by atoms with van der Waals surface area (Å²) < 4.78 is 0. The van der Waals surface area contributed by atoms with Gasteiger partial charge in [0, 0.05) is 5.39 Å². The lowest BCUT2D eigenvalue weighted by atomic mass is 9.99. The van der Waals surface area contributed by atoms with Crippen molar-refractivity contribution in [2.75, 3.05) is 9.80 Å². The summed E-state index contributed by atoms with van der Waals surface area (Å²) >= 11 is 0. The number of imide groups is 2. The van der Waals surface area contributed by atoms with Gasteiger partial charge in [0.1, 0.15) is 5.57 Å². The molecule has 1 fully saturated rings. The van der Waals surface area contributed by atoms with E-state index in [9.17, 15) is 14.4 Å². The zero-order valence-corrected chi connectivity index (χ0v) is 20.1. The fourth-order valence-electron chi connectivity index (χ4n) is 4.80. The van der Waals surface area contributed by atoms with Gasteiger partial charge in [-0.15, -0.1) is 0 Å². The molecule has 5 nitrogen and oxygen atoms in total. The second-order valence-electron chi connectivity index (χ2n) is 9.02. The van der Waals surface area contributed by atoms with Gasteiger partial charge in [-0.3, -0.25) is 9.59 Å². The number of amides is 4. The molecule has 1 aliphatic rings. The standard InChI is InChI=1S/C32H22N2O3/c1-21-16-18-25(19-17-21)33-30(35)28(20-24-12-6-10-22-8-2-4-13-26(22)24)31(36)34(32(33)37)29-15-7-11-23-9-3-5-14-27(23)29/h2-20H,1H3/b28-20+. The predicted octanol–water partition coefficient (Wildman–Crippen LogP) is 6.88. The molecular formula is C32H22N2O3. The summed E-state index contributed by atoms with van der Waals surface area (Å²) in [7, 11) is 0. The van der Waals surface area contributed by atoms with Crippen molar-refractivity contribution in [1.82, 2.24) is 0 Å². The normalized spacial score (nSPS) is 15.3. The highest BCUT2D eigenvalue weighted by molar-refractivity contribution is 6.47. The first-order chi connectivity index (χ1) is 18.0. The van der Waals surface area contributed by atoms with Gasteiger partial charge in [0.2, 0.25) is 0 Å². The summed E-state index contributed by atoms with van der Waals surface area (Å²) in [6.45, 7) is 1.93. The Morgan fingerprint density at radius 2 is 1.14 bits per heavy atom. The van der Waals surface area contributed by atoms with Crippen LogP contribution in [0.1, 0.15) is 11.1 Å². The topological polar surface area (TPSA) is 57.7 Å². The molecule has 5 aromatic rings. The van der Waals surface area contributed by atoms with E-state index in [2.05, 4.69) is 0 Å². The highest BCUT2D eigenvalue weighted by Gasteiger charge is 2.44. The van der Waals surface area contributed by atoms with Gasteiger partial charge in [0.15, 0.2) is 0 Å². The number of carbonyl (C=O) groups is 3. The molecule has 0 aliphatic carbocycles. The molecule has 5 heteroatoms. The van der Waals surface area contributed by atoms with Crippen molar-refractivity contribution in [3.05, 3.63) is 126 Å². The molecule has 0 bridgehead atoms.